The molecule has 2 nitrogen and oxygen atoms in total. The number of carbonyl (C=O) groups is 1. The maximum Gasteiger partial charge on any atom is 0.366 e. The van der Waals surface area contributed by atoms with E-state index in [9.17, 15) is 9.18 Å². The Kier molecular flexibility index (Phi) is 4.30. The molecule has 52 valence electrons. The van der Waals surface area contributed by atoms with E-state index in [1.807, 2.05) is 0 Å². The SMILES string of the molecule is COC(=O)C(F)=CCBr. The van der Waals surface area contributed by atoms with Gasteiger partial charge in [0.2, 0.25) is 5.83 Å². The van der Waals surface area contributed by atoms with E-state index in [0.29, 0.717) is 5.33 Å². The number of carbonyl (C=O) groups excluding carboxylic acids is 1. The summed E-state index contributed by atoms with van der Waals surface area (Å²) in [6.07, 6.45) is 1.09. The molecule has 0 aliphatic rings. The van der Waals surface area contributed by atoms with Crippen LogP contribution in [0.2, 0.25) is 0 Å². The van der Waals surface area contributed by atoms with Crippen LogP contribution in [0.3, 0.4) is 0 Å². The zero-order chi connectivity index (χ0) is 7.28. The van der Waals surface area contributed by atoms with Crippen LogP contribution in [0.25, 0.3) is 0 Å². The van der Waals surface area contributed by atoms with E-state index in [1.54, 1.807) is 0 Å². The van der Waals surface area contributed by atoms with Crippen LogP contribution in [-0.2, 0) is 9.53 Å². The monoisotopic (exact) mass is 196 g/mol. The van der Waals surface area contributed by atoms with Gasteiger partial charge in [0.25, 0.3) is 0 Å². The lowest BCUT2D eigenvalue weighted by molar-refractivity contribution is -0.137. The summed E-state index contributed by atoms with van der Waals surface area (Å²) in [5, 5.41) is 0.313. The molecule has 0 aromatic rings. The van der Waals surface area contributed by atoms with Crippen LogP contribution >= 0.6 is 15.9 Å². The lowest BCUT2D eigenvalue weighted by Crippen LogP contribution is -2.00. The van der Waals surface area contributed by atoms with E-state index >= 15 is 0 Å². The number of allylic oxidation sites excluding steroid dienone is 1. The van der Waals surface area contributed by atoms with Crippen LogP contribution in [-0.4, -0.2) is 18.4 Å². The van der Waals surface area contributed by atoms with Crippen molar-refractivity contribution in [1.29, 1.82) is 0 Å². The Morgan fingerprint density at radius 3 is 2.78 bits per heavy atom. The van der Waals surface area contributed by atoms with Crippen molar-refractivity contribution in [2.45, 2.75) is 0 Å². The summed E-state index contributed by atoms with van der Waals surface area (Å²) in [7, 11) is 1.13. The largest absolute Gasteiger partial charge is 0.464 e. The normalized spacial score (nSPS) is 11.2. The molecule has 0 aromatic heterocycles. The summed E-state index contributed by atoms with van der Waals surface area (Å²) >= 11 is 2.92. The van der Waals surface area contributed by atoms with E-state index in [0.717, 1.165) is 13.2 Å². The second kappa shape index (κ2) is 4.49. The smallest absolute Gasteiger partial charge is 0.366 e. The molecule has 4 heteroatoms. The molecular formula is C5H6BrFO2. The summed E-state index contributed by atoms with van der Waals surface area (Å²) < 4.78 is 16.2. The molecule has 0 heterocycles. The second-order valence-corrected chi connectivity index (χ2v) is 1.85. The van der Waals surface area contributed by atoms with Crippen molar-refractivity contribution < 1.29 is 13.9 Å². The van der Waals surface area contributed by atoms with Crippen LogP contribution in [0, 0.1) is 0 Å². The first-order chi connectivity index (χ1) is 4.22. The Morgan fingerprint density at radius 2 is 2.44 bits per heavy atom. The molecule has 0 aromatic carbocycles. The second-order valence-electron chi connectivity index (χ2n) is 1.20. The fourth-order valence-corrected chi connectivity index (χ4v) is 0.533. The molecule has 0 spiro atoms. The maximum absolute atomic E-state index is 12.2. The summed E-state index contributed by atoms with van der Waals surface area (Å²) in [4.78, 5) is 10.2. The van der Waals surface area contributed by atoms with Gasteiger partial charge < -0.3 is 4.74 Å². The lowest BCUT2D eigenvalue weighted by Gasteiger charge is -1.91. The van der Waals surface area contributed by atoms with Crippen LogP contribution in [0.5, 0.6) is 0 Å². The Labute approximate surface area is 60.8 Å². The van der Waals surface area contributed by atoms with Crippen molar-refractivity contribution >= 4 is 21.9 Å². The Bertz CT molecular complexity index is 133. The van der Waals surface area contributed by atoms with Crippen molar-refractivity contribution in [2.24, 2.45) is 0 Å². The van der Waals surface area contributed by atoms with Gasteiger partial charge in [0.1, 0.15) is 0 Å². The van der Waals surface area contributed by atoms with Crippen LogP contribution < -0.4 is 0 Å². The quantitative estimate of drug-likeness (QED) is 0.380. The van der Waals surface area contributed by atoms with Crippen LogP contribution in [0.1, 0.15) is 0 Å². The summed E-state index contributed by atoms with van der Waals surface area (Å²) in [5.74, 6) is -1.80. The fourth-order valence-electron chi connectivity index (χ4n) is 0.249. The number of rotatable bonds is 2. The topological polar surface area (TPSA) is 26.3 Å². The molecule has 0 atom stereocenters. The van der Waals surface area contributed by atoms with Gasteiger partial charge in [-0.15, -0.1) is 0 Å². The molecule has 0 bridgehead atoms. The molecule has 0 radical (unpaired) electrons. The van der Waals surface area contributed by atoms with Crippen molar-refractivity contribution in [1.82, 2.24) is 0 Å². The van der Waals surface area contributed by atoms with Crippen molar-refractivity contribution in [3.05, 3.63) is 11.9 Å². The number of esters is 1. The van der Waals surface area contributed by atoms with Gasteiger partial charge in [0.15, 0.2) is 0 Å². The Hall–Kier alpha value is -0.380. The van der Waals surface area contributed by atoms with Gasteiger partial charge in [-0.2, -0.15) is 4.39 Å². The molecule has 0 aliphatic heterocycles. The zero-order valence-corrected chi connectivity index (χ0v) is 6.44. The third kappa shape index (κ3) is 3.24. The minimum absolute atomic E-state index is 0.313. The van der Waals surface area contributed by atoms with E-state index < -0.39 is 11.8 Å². The van der Waals surface area contributed by atoms with Gasteiger partial charge in [-0.05, 0) is 6.08 Å². The van der Waals surface area contributed by atoms with Gasteiger partial charge in [-0.25, -0.2) is 4.79 Å². The van der Waals surface area contributed by atoms with Crippen molar-refractivity contribution in [2.75, 3.05) is 12.4 Å². The first-order valence-electron chi connectivity index (χ1n) is 2.22. The van der Waals surface area contributed by atoms with Crippen molar-refractivity contribution in [3.63, 3.8) is 0 Å². The Morgan fingerprint density at radius 1 is 1.89 bits per heavy atom. The van der Waals surface area contributed by atoms with Crippen LogP contribution in [0.4, 0.5) is 4.39 Å². The molecule has 0 unspecified atom stereocenters. The predicted octanol–water partition coefficient (Wildman–Crippen LogP) is 1.41. The standard InChI is InChI=1S/C5H6BrFO2/c1-9-5(8)4(7)2-3-6/h2H,3H2,1H3. The molecular weight excluding hydrogens is 191 g/mol. The van der Waals surface area contributed by atoms with Crippen LogP contribution in [0.15, 0.2) is 11.9 Å². The van der Waals surface area contributed by atoms with E-state index in [-0.39, 0.29) is 0 Å². The predicted molar refractivity (Wildman–Crippen MR) is 35.0 cm³/mol. The average Bonchev–Trinajstić information content (AvgIpc) is 1.87. The van der Waals surface area contributed by atoms with E-state index in [4.69, 9.17) is 0 Å². The molecule has 0 saturated carbocycles. The molecule has 0 N–H and O–H groups in total. The summed E-state index contributed by atoms with van der Waals surface area (Å²) in [5.41, 5.74) is 0. The van der Waals surface area contributed by atoms with E-state index in [2.05, 4.69) is 20.7 Å². The third-order valence-corrected chi connectivity index (χ3v) is 0.961. The minimum Gasteiger partial charge on any atom is -0.464 e. The highest BCUT2D eigenvalue weighted by atomic mass is 79.9. The zero-order valence-electron chi connectivity index (χ0n) is 4.86. The molecule has 9 heavy (non-hydrogen) atoms. The van der Waals surface area contributed by atoms with Gasteiger partial charge >= 0.3 is 5.97 Å². The molecule has 0 amide bonds. The van der Waals surface area contributed by atoms with E-state index in [1.165, 1.54) is 0 Å². The number of alkyl halides is 1. The number of hydrogen-bond acceptors (Lipinski definition) is 2. The van der Waals surface area contributed by atoms with Gasteiger partial charge in [0.05, 0.1) is 7.11 Å². The minimum atomic E-state index is -0.936. The first kappa shape index (κ1) is 8.62. The number of halogens is 2. The highest BCUT2D eigenvalue weighted by molar-refractivity contribution is 9.09. The third-order valence-electron chi connectivity index (χ3n) is 0.637. The molecule has 0 aliphatic carbocycles. The van der Waals surface area contributed by atoms with Crippen molar-refractivity contribution in [3.8, 4) is 0 Å². The number of ether oxygens (including phenoxy) is 1. The highest BCUT2D eigenvalue weighted by Gasteiger charge is 2.05. The summed E-state index contributed by atoms with van der Waals surface area (Å²) in [6.45, 7) is 0. The maximum atomic E-state index is 12.2. The summed E-state index contributed by atoms with van der Waals surface area (Å²) in [6, 6.07) is 0. The highest BCUT2D eigenvalue weighted by Crippen LogP contribution is 1.99. The molecule has 0 fully saturated rings. The fraction of sp³-hybridized carbons (Fsp3) is 0.400. The van der Waals surface area contributed by atoms with Gasteiger partial charge in [-0.1, -0.05) is 15.9 Å². The lowest BCUT2D eigenvalue weighted by atomic mass is 10.5. The number of methoxy groups -OCH3 is 1. The number of hydrogen-bond donors (Lipinski definition) is 0. The Balaban J connectivity index is 3.86. The van der Waals surface area contributed by atoms with Gasteiger partial charge in [0, 0.05) is 5.33 Å². The first-order valence-corrected chi connectivity index (χ1v) is 3.34. The molecule has 0 saturated heterocycles. The van der Waals surface area contributed by atoms with Gasteiger partial charge in [-0.3, -0.25) is 0 Å². The molecule has 0 rings (SSSR count). The average molecular weight is 197 g/mol.